The van der Waals surface area contributed by atoms with Gasteiger partial charge in [0.05, 0.1) is 35.4 Å². The average molecular weight is 477 g/mol. The number of nitro groups is 1. The largest absolute Gasteiger partial charge is 0.493 e. The zero-order valence-electron chi connectivity index (χ0n) is 18.8. The molecule has 11 heteroatoms. The molecule has 1 amide bonds. The van der Waals surface area contributed by atoms with Crippen molar-refractivity contribution in [2.24, 2.45) is 0 Å². The standard InChI is InChI=1S/C22H25FN4O5S/c1-5-25(6-2)9-10-26(22-24-16-8-7-14(23)11-20(16)33-22)21(28)15-12-18(31-3)19(32-4)13-17(15)27(29)30/h7-8,11-13H,5-6,9-10H2,1-4H3. The highest BCUT2D eigenvalue weighted by Crippen LogP contribution is 2.37. The maximum Gasteiger partial charge on any atom is 0.286 e. The van der Waals surface area contributed by atoms with Gasteiger partial charge in [-0.2, -0.15) is 0 Å². The fourth-order valence-electron chi connectivity index (χ4n) is 3.40. The third-order valence-corrected chi connectivity index (χ3v) is 6.32. The Hall–Kier alpha value is -3.31. The monoisotopic (exact) mass is 476 g/mol. The molecule has 1 aromatic heterocycles. The molecule has 2 aromatic carbocycles. The van der Waals surface area contributed by atoms with Crippen LogP contribution in [0.4, 0.5) is 15.2 Å². The Morgan fingerprint density at radius 1 is 1.12 bits per heavy atom. The highest BCUT2D eigenvalue weighted by Gasteiger charge is 2.30. The Kier molecular flexibility index (Phi) is 7.77. The maximum absolute atomic E-state index is 13.7. The lowest BCUT2D eigenvalue weighted by molar-refractivity contribution is -0.385. The minimum atomic E-state index is -0.633. The van der Waals surface area contributed by atoms with Crippen LogP contribution in [0.15, 0.2) is 30.3 Å². The number of anilines is 1. The van der Waals surface area contributed by atoms with Crippen LogP contribution in [0.2, 0.25) is 0 Å². The van der Waals surface area contributed by atoms with Crippen molar-refractivity contribution in [1.82, 2.24) is 9.88 Å². The quantitative estimate of drug-likeness (QED) is 0.317. The van der Waals surface area contributed by atoms with Crippen LogP contribution in [0.1, 0.15) is 24.2 Å². The Morgan fingerprint density at radius 3 is 2.39 bits per heavy atom. The topological polar surface area (TPSA) is 98.0 Å². The van der Waals surface area contributed by atoms with Crippen LogP contribution in [-0.2, 0) is 0 Å². The van der Waals surface area contributed by atoms with E-state index in [-0.39, 0.29) is 23.6 Å². The van der Waals surface area contributed by atoms with Crippen LogP contribution in [0.3, 0.4) is 0 Å². The number of carbonyl (C=O) groups is 1. The summed E-state index contributed by atoms with van der Waals surface area (Å²) in [5, 5.41) is 12.1. The number of nitrogens with zero attached hydrogens (tertiary/aromatic N) is 4. The van der Waals surface area contributed by atoms with Crippen LogP contribution >= 0.6 is 11.3 Å². The molecule has 0 N–H and O–H groups in total. The number of carbonyl (C=O) groups excluding carboxylic acids is 1. The van der Waals surface area contributed by atoms with Gasteiger partial charge in [-0.3, -0.25) is 19.8 Å². The zero-order valence-corrected chi connectivity index (χ0v) is 19.6. The smallest absolute Gasteiger partial charge is 0.286 e. The van der Waals surface area contributed by atoms with Gasteiger partial charge in [0.15, 0.2) is 16.6 Å². The molecule has 0 aliphatic rings. The number of nitro benzene ring substituents is 1. The third-order valence-electron chi connectivity index (χ3n) is 5.28. The van der Waals surface area contributed by atoms with Crippen molar-refractivity contribution in [2.45, 2.75) is 13.8 Å². The molecule has 176 valence electrons. The molecule has 0 bridgehead atoms. The highest BCUT2D eigenvalue weighted by atomic mass is 32.1. The van der Waals surface area contributed by atoms with E-state index in [4.69, 9.17) is 9.47 Å². The number of hydrogen-bond acceptors (Lipinski definition) is 8. The van der Waals surface area contributed by atoms with Crippen LogP contribution in [0, 0.1) is 15.9 Å². The molecular weight excluding hydrogens is 451 g/mol. The van der Waals surface area contributed by atoms with Gasteiger partial charge in [0.2, 0.25) is 0 Å². The first kappa shape index (κ1) is 24.3. The van der Waals surface area contributed by atoms with Crippen molar-refractivity contribution in [1.29, 1.82) is 0 Å². The summed E-state index contributed by atoms with van der Waals surface area (Å²) in [4.78, 5) is 32.8. The molecule has 0 unspecified atom stereocenters. The molecule has 0 atom stereocenters. The van der Waals surface area contributed by atoms with Crippen molar-refractivity contribution < 1.29 is 23.6 Å². The fraction of sp³-hybridized carbons (Fsp3) is 0.364. The molecule has 0 aliphatic carbocycles. The highest BCUT2D eigenvalue weighted by molar-refractivity contribution is 7.22. The lowest BCUT2D eigenvalue weighted by atomic mass is 10.1. The first-order chi connectivity index (χ1) is 15.8. The molecule has 33 heavy (non-hydrogen) atoms. The molecule has 3 aromatic rings. The summed E-state index contributed by atoms with van der Waals surface area (Å²) in [6, 6.07) is 6.66. The van der Waals surface area contributed by atoms with Gasteiger partial charge < -0.3 is 14.4 Å². The number of halogens is 1. The fourth-order valence-corrected chi connectivity index (χ4v) is 4.42. The summed E-state index contributed by atoms with van der Waals surface area (Å²) >= 11 is 1.15. The lowest BCUT2D eigenvalue weighted by Gasteiger charge is -2.25. The van der Waals surface area contributed by atoms with E-state index in [1.807, 2.05) is 13.8 Å². The van der Waals surface area contributed by atoms with Gasteiger partial charge in [0.25, 0.3) is 11.6 Å². The summed E-state index contributed by atoms with van der Waals surface area (Å²) < 4.78 is 24.7. The van der Waals surface area contributed by atoms with Gasteiger partial charge >= 0.3 is 0 Å². The molecule has 1 heterocycles. The SMILES string of the molecule is CCN(CC)CCN(C(=O)c1cc(OC)c(OC)cc1[N+](=O)[O-])c1nc2ccc(F)cc2s1. The molecule has 0 radical (unpaired) electrons. The van der Waals surface area contributed by atoms with Crippen molar-refractivity contribution in [3.63, 3.8) is 0 Å². The predicted octanol–water partition coefficient (Wildman–Crippen LogP) is 4.35. The first-order valence-electron chi connectivity index (χ1n) is 10.3. The normalized spacial score (nSPS) is 11.1. The number of benzene rings is 2. The van der Waals surface area contributed by atoms with Crippen LogP contribution < -0.4 is 14.4 Å². The van der Waals surface area contributed by atoms with E-state index in [1.54, 1.807) is 0 Å². The Morgan fingerprint density at radius 2 is 1.79 bits per heavy atom. The maximum atomic E-state index is 13.7. The summed E-state index contributed by atoms with van der Waals surface area (Å²) in [6.07, 6.45) is 0. The Bertz CT molecular complexity index is 1170. The van der Waals surface area contributed by atoms with Gasteiger partial charge in [-0.05, 0) is 31.3 Å². The molecule has 0 fully saturated rings. The Balaban J connectivity index is 2.11. The Labute approximate surface area is 194 Å². The lowest BCUT2D eigenvalue weighted by Crippen LogP contribution is -2.39. The third kappa shape index (κ3) is 5.20. The van der Waals surface area contributed by atoms with Crippen molar-refractivity contribution in [3.05, 3.63) is 51.8 Å². The van der Waals surface area contributed by atoms with Gasteiger partial charge in [-0.1, -0.05) is 25.2 Å². The second kappa shape index (κ2) is 10.5. The summed E-state index contributed by atoms with van der Waals surface area (Å²) in [6.45, 7) is 6.35. The molecular formula is C22H25FN4O5S. The minimum absolute atomic E-state index is 0.144. The minimum Gasteiger partial charge on any atom is -0.493 e. The summed E-state index contributed by atoms with van der Waals surface area (Å²) in [5.74, 6) is -0.670. The summed E-state index contributed by atoms with van der Waals surface area (Å²) in [7, 11) is 2.75. The van der Waals surface area contributed by atoms with Gasteiger partial charge in [-0.15, -0.1) is 0 Å². The van der Waals surface area contributed by atoms with Crippen molar-refractivity contribution >= 4 is 38.3 Å². The number of methoxy groups -OCH3 is 2. The van der Waals surface area contributed by atoms with E-state index in [2.05, 4.69) is 9.88 Å². The average Bonchev–Trinajstić information content (AvgIpc) is 3.23. The molecule has 0 saturated heterocycles. The molecule has 3 rings (SSSR count). The van der Waals surface area contributed by atoms with E-state index >= 15 is 0 Å². The van der Waals surface area contributed by atoms with E-state index in [0.717, 1.165) is 24.4 Å². The number of thiazole rings is 1. The van der Waals surface area contributed by atoms with Crippen LogP contribution in [0.5, 0.6) is 11.5 Å². The molecule has 0 aliphatic heterocycles. The number of hydrogen-bond donors (Lipinski definition) is 0. The van der Waals surface area contributed by atoms with Gasteiger partial charge in [-0.25, -0.2) is 9.37 Å². The van der Waals surface area contributed by atoms with Crippen molar-refractivity contribution in [2.75, 3.05) is 45.3 Å². The van der Waals surface area contributed by atoms with Crippen LogP contribution in [0.25, 0.3) is 10.2 Å². The molecule has 0 saturated carbocycles. The van der Waals surface area contributed by atoms with E-state index in [9.17, 15) is 19.3 Å². The molecule has 9 nitrogen and oxygen atoms in total. The van der Waals surface area contributed by atoms with Crippen molar-refractivity contribution in [3.8, 4) is 11.5 Å². The second-order valence-corrected chi connectivity index (χ2v) is 8.08. The number of fused-ring (bicyclic) bond motifs is 1. The van der Waals surface area contributed by atoms with E-state index in [1.165, 1.54) is 49.5 Å². The van der Waals surface area contributed by atoms with Gasteiger partial charge in [0.1, 0.15) is 11.4 Å². The number of likely N-dealkylation sites (N-methyl/N-ethyl adjacent to an activating group) is 1. The second-order valence-electron chi connectivity index (χ2n) is 7.07. The van der Waals surface area contributed by atoms with Gasteiger partial charge in [0, 0.05) is 19.2 Å². The first-order valence-corrected chi connectivity index (χ1v) is 11.1. The number of rotatable bonds is 10. The van der Waals surface area contributed by atoms with E-state index in [0.29, 0.717) is 21.9 Å². The zero-order chi connectivity index (χ0) is 24.1. The predicted molar refractivity (Wildman–Crippen MR) is 125 cm³/mol. The molecule has 0 spiro atoms. The van der Waals surface area contributed by atoms with Crippen LogP contribution in [-0.4, -0.2) is 61.1 Å². The number of ether oxygens (including phenoxy) is 2. The number of amides is 1. The summed E-state index contributed by atoms with van der Waals surface area (Å²) in [5.41, 5.74) is -0.0147. The van der Waals surface area contributed by atoms with E-state index < -0.39 is 22.3 Å². The number of aromatic nitrogens is 1.